The molecule has 24 heavy (non-hydrogen) atoms. The molecule has 0 atom stereocenters. The lowest BCUT2D eigenvalue weighted by atomic mass is 9.96. The summed E-state index contributed by atoms with van der Waals surface area (Å²) in [5, 5.41) is 6.71. The van der Waals surface area contributed by atoms with Crippen molar-refractivity contribution in [1.82, 2.24) is 10.3 Å². The smallest absolute Gasteiger partial charge is 0.226 e. The number of hydrogen-bond acceptors (Lipinski definition) is 3. The highest BCUT2D eigenvalue weighted by molar-refractivity contribution is 7.13. The summed E-state index contributed by atoms with van der Waals surface area (Å²) in [5.74, 6) is 0.0802. The highest BCUT2D eigenvalue weighted by Gasteiger charge is 2.16. The third-order valence-electron chi connectivity index (χ3n) is 4.47. The molecule has 1 aromatic carbocycles. The van der Waals surface area contributed by atoms with Crippen LogP contribution in [-0.2, 0) is 11.2 Å². The van der Waals surface area contributed by atoms with E-state index in [0.717, 1.165) is 29.1 Å². The van der Waals surface area contributed by atoms with E-state index in [1.54, 1.807) is 0 Å². The molecule has 3 rings (SSSR count). The van der Waals surface area contributed by atoms with Crippen LogP contribution in [-0.4, -0.2) is 16.9 Å². The van der Waals surface area contributed by atoms with E-state index in [-0.39, 0.29) is 5.91 Å². The summed E-state index contributed by atoms with van der Waals surface area (Å²) in [4.78, 5) is 16.9. The molecule has 1 heterocycles. The maximum atomic E-state index is 12.3. The van der Waals surface area contributed by atoms with Crippen molar-refractivity contribution < 1.29 is 4.79 Å². The van der Waals surface area contributed by atoms with Crippen molar-refractivity contribution >= 4 is 28.8 Å². The van der Waals surface area contributed by atoms with Gasteiger partial charge in [0.2, 0.25) is 5.91 Å². The van der Waals surface area contributed by atoms with Gasteiger partial charge in [-0.2, -0.15) is 0 Å². The number of halogens is 1. The number of aromatic nitrogens is 1. The van der Waals surface area contributed by atoms with Crippen molar-refractivity contribution in [2.75, 3.05) is 0 Å². The van der Waals surface area contributed by atoms with Gasteiger partial charge in [-0.1, -0.05) is 61.9 Å². The molecule has 1 N–H and O–H groups in total. The first-order valence-electron chi connectivity index (χ1n) is 8.71. The SMILES string of the molecule is O=C(Cc1csc(-c2ccccc2Cl)n1)NC1CCCCCCC1. The van der Waals surface area contributed by atoms with Gasteiger partial charge in [-0.25, -0.2) is 4.98 Å². The number of thiazole rings is 1. The van der Waals surface area contributed by atoms with Crippen molar-refractivity contribution in [1.29, 1.82) is 0 Å². The zero-order chi connectivity index (χ0) is 16.8. The molecule has 0 bridgehead atoms. The highest BCUT2D eigenvalue weighted by Crippen LogP contribution is 2.30. The zero-order valence-electron chi connectivity index (χ0n) is 13.8. The molecule has 128 valence electrons. The predicted molar refractivity (Wildman–Crippen MR) is 101 cm³/mol. The number of nitrogens with one attached hydrogen (secondary N) is 1. The molecular formula is C19H23ClN2OS. The van der Waals surface area contributed by atoms with E-state index in [4.69, 9.17) is 11.6 Å². The molecule has 1 fully saturated rings. The first-order valence-corrected chi connectivity index (χ1v) is 9.97. The summed E-state index contributed by atoms with van der Waals surface area (Å²) >= 11 is 7.75. The second-order valence-corrected chi connectivity index (χ2v) is 7.68. The molecule has 3 nitrogen and oxygen atoms in total. The number of amides is 1. The van der Waals surface area contributed by atoms with Gasteiger partial charge in [-0.15, -0.1) is 11.3 Å². The van der Waals surface area contributed by atoms with Crippen LogP contribution in [0.15, 0.2) is 29.6 Å². The van der Waals surface area contributed by atoms with Gasteiger partial charge in [0.15, 0.2) is 0 Å². The van der Waals surface area contributed by atoms with Crippen molar-refractivity contribution in [2.24, 2.45) is 0 Å². The topological polar surface area (TPSA) is 42.0 Å². The summed E-state index contributed by atoms with van der Waals surface area (Å²) in [5.41, 5.74) is 1.74. The quantitative estimate of drug-likeness (QED) is 0.808. The summed E-state index contributed by atoms with van der Waals surface area (Å²) < 4.78 is 0. The fourth-order valence-corrected chi connectivity index (χ4v) is 4.33. The molecule has 0 saturated heterocycles. The van der Waals surface area contributed by atoms with Crippen LogP contribution in [0.25, 0.3) is 10.6 Å². The summed E-state index contributed by atoms with van der Waals surface area (Å²) in [7, 11) is 0. The lowest BCUT2D eigenvalue weighted by Crippen LogP contribution is -2.36. The number of carbonyl (C=O) groups is 1. The summed E-state index contributed by atoms with van der Waals surface area (Å²) in [6.07, 6.45) is 8.92. The molecule has 0 radical (unpaired) electrons. The van der Waals surface area contributed by atoms with Crippen molar-refractivity contribution in [3.8, 4) is 10.6 Å². The lowest BCUT2D eigenvalue weighted by molar-refractivity contribution is -0.121. The Hall–Kier alpha value is -1.39. The Morgan fingerprint density at radius 3 is 2.62 bits per heavy atom. The van der Waals surface area contributed by atoms with Crippen LogP contribution in [0.2, 0.25) is 5.02 Å². The summed E-state index contributed by atoms with van der Waals surface area (Å²) in [6, 6.07) is 8.00. The first-order chi connectivity index (χ1) is 11.7. The highest BCUT2D eigenvalue weighted by atomic mass is 35.5. The molecule has 0 unspecified atom stereocenters. The number of nitrogens with zero attached hydrogens (tertiary/aromatic N) is 1. The van der Waals surface area contributed by atoms with Gasteiger partial charge in [0.05, 0.1) is 17.1 Å². The molecule has 1 saturated carbocycles. The van der Waals surface area contributed by atoms with Crippen LogP contribution in [0.4, 0.5) is 0 Å². The van der Waals surface area contributed by atoms with E-state index < -0.39 is 0 Å². The van der Waals surface area contributed by atoms with Crippen LogP contribution < -0.4 is 5.32 Å². The normalized spacial score (nSPS) is 16.4. The number of hydrogen-bond donors (Lipinski definition) is 1. The molecular weight excluding hydrogens is 340 g/mol. The zero-order valence-corrected chi connectivity index (χ0v) is 15.3. The van der Waals surface area contributed by atoms with Gasteiger partial charge < -0.3 is 5.32 Å². The Bertz CT molecular complexity index is 678. The molecule has 0 spiro atoms. The molecule has 1 aromatic heterocycles. The van der Waals surface area contributed by atoms with E-state index >= 15 is 0 Å². The number of benzene rings is 1. The average molecular weight is 363 g/mol. The number of rotatable bonds is 4. The molecule has 2 aromatic rings. The van der Waals surface area contributed by atoms with E-state index in [2.05, 4.69) is 10.3 Å². The Kier molecular flexibility index (Phi) is 6.27. The van der Waals surface area contributed by atoms with Crippen LogP contribution in [0.3, 0.4) is 0 Å². The van der Waals surface area contributed by atoms with Gasteiger partial charge in [-0.3, -0.25) is 4.79 Å². The van der Waals surface area contributed by atoms with Crippen LogP contribution in [0, 0.1) is 0 Å². The van der Waals surface area contributed by atoms with Crippen LogP contribution in [0.5, 0.6) is 0 Å². The van der Waals surface area contributed by atoms with E-state index in [0.29, 0.717) is 17.5 Å². The Morgan fingerprint density at radius 2 is 1.88 bits per heavy atom. The third kappa shape index (κ3) is 4.81. The third-order valence-corrected chi connectivity index (χ3v) is 5.72. The second kappa shape index (κ2) is 8.63. The minimum absolute atomic E-state index is 0.0802. The van der Waals surface area contributed by atoms with E-state index in [1.807, 2.05) is 29.6 Å². The first kappa shape index (κ1) is 17.4. The Balaban J connectivity index is 1.58. The van der Waals surface area contributed by atoms with Gasteiger partial charge in [0, 0.05) is 17.0 Å². The van der Waals surface area contributed by atoms with Crippen molar-refractivity contribution in [2.45, 2.75) is 57.4 Å². The van der Waals surface area contributed by atoms with Crippen molar-refractivity contribution in [3.05, 3.63) is 40.4 Å². The molecule has 0 aliphatic heterocycles. The van der Waals surface area contributed by atoms with E-state index in [9.17, 15) is 4.79 Å². The fourth-order valence-electron chi connectivity index (χ4n) is 3.19. The Labute approximate surface area is 152 Å². The molecule has 1 aliphatic carbocycles. The van der Waals surface area contributed by atoms with E-state index in [1.165, 1.54) is 43.4 Å². The van der Waals surface area contributed by atoms with Crippen molar-refractivity contribution in [3.63, 3.8) is 0 Å². The standard InChI is InChI=1S/C19H23ClN2OS/c20-17-11-7-6-10-16(17)19-22-15(13-24-19)12-18(23)21-14-8-4-2-1-3-5-9-14/h6-7,10-11,13-14H,1-5,8-9,12H2,(H,21,23). The maximum Gasteiger partial charge on any atom is 0.226 e. The maximum absolute atomic E-state index is 12.3. The molecule has 1 amide bonds. The summed E-state index contributed by atoms with van der Waals surface area (Å²) in [6.45, 7) is 0. The molecule has 1 aliphatic rings. The largest absolute Gasteiger partial charge is 0.353 e. The van der Waals surface area contributed by atoms with Gasteiger partial charge in [0.25, 0.3) is 0 Å². The fraction of sp³-hybridized carbons (Fsp3) is 0.474. The minimum atomic E-state index is 0.0802. The number of carbonyl (C=O) groups excluding carboxylic acids is 1. The van der Waals surface area contributed by atoms with Gasteiger partial charge >= 0.3 is 0 Å². The Morgan fingerprint density at radius 1 is 1.17 bits per heavy atom. The average Bonchev–Trinajstić information content (AvgIpc) is 2.98. The lowest BCUT2D eigenvalue weighted by Gasteiger charge is -2.20. The van der Waals surface area contributed by atoms with Gasteiger partial charge in [-0.05, 0) is 18.9 Å². The van der Waals surface area contributed by atoms with Crippen LogP contribution in [0.1, 0.15) is 50.6 Å². The minimum Gasteiger partial charge on any atom is -0.353 e. The molecule has 5 heteroatoms. The predicted octanol–water partition coefficient (Wildman–Crippen LogP) is 5.24. The van der Waals surface area contributed by atoms with Gasteiger partial charge in [0.1, 0.15) is 5.01 Å². The van der Waals surface area contributed by atoms with Crippen LogP contribution >= 0.6 is 22.9 Å². The second-order valence-electron chi connectivity index (χ2n) is 6.41. The monoisotopic (exact) mass is 362 g/mol.